The molecule has 1 aliphatic rings. The first-order valence-corrected chi connectivity index (χ1v) is 9.31. The molecule has 1 fully saturated rings. The van der Waals surface area contributed by atoms with E-state index in [1.54, 1.807) is 0 Å². The van der Waals surface area contributed by atoms with Gasteiger partial charge in [0.1, 0.15) is 0 Å². The number of rotatable bonds is 8. The second-order valence-corrected chi connectivity index (χ2v) is 6.91. The van der Waals surface area contributed by atoms with Gasteiger partial charge in [0.15, 0.2) is 0 Å². The molecule has 2 aromatic rings. The van der Waals surface area contributed by atoms with E-state index in [1.807, 2.05) is 18.2 Å². The number of carbonyl (C=O) groups is 1. The predicted octanol–water partition coefficient (Wildman–Crippen LogP) is 4.70. The SMILES string of the molecule is O=C(CCc1ccc(-c2ccccc2)[nH]1)NCCCC1CCCC1. The van der Waals surface area contributed by atoms with Crippen molar-refractivity contribution in [3.8, 4) is 11.3 Å². The summed E-state index contributed by atoms with van der Waals surface area (Å²) in [7, 11) is 0. The minimum Gasteiger partial charge on any atom is -0.358 e. The van der Waals surface area contributed by atoms with Crippen LogP contribution in [0.5, 0.6) is 0 Å². The second-order valence-electron chi connectivity index (χ2n) is 6.91. The maximum Gasteiger partial charge on any atom is 0.220 e. The third-order valence-electron chi connectivity index (χ3n) is 5.04. The van der Waals surface area contributed by atoms with Crippen LogP contribution in [0, 0.1) is 5.92 Å². The fourth-order valence-electron chi connectivity index (χ4n) is 3.63. The van der Waals surface area contributed by atoms with Crippen LogP contribution in [0.4, 0.5) is 0 Å². The average molecular weight is 324 g/mol. The van der Waals surface area contributed by atoms with Crippen molar-refractivity contribution in [3.05, 3.63) is 48.2 Å². The van der Waals surface area contributed by atoms with Gasteiger partial charge in [-0.25, -0.2) is 0 Å². The average Bonchev–Trinajstić information content (AvgIpc) is 3.29. The number of hydrogen-bond acceptors (Lipinski definition) is 1. The van der Waals surface area contributed by atoms with Crippen molar-refractivity contribution >= 4 is 5.91 Å². The lowest BCUT2D eigenvalue weighted by molar-refractivity contribution is -0.121. The molecule has 1 saturated carbocycles. The van der Waals surface area contributed by atoms with Gasteiger partial charge in [0.05, 0.1) is 0 Å². The minimum atomic E-state index is 0.164. The van der Waals surface area contributed by atoms with Crippen molar-refractivity contribution in [2.24, 2.45) is 5.92 Å². The van der Waals surface area contributed by atoms with Gasteiger partial charge in [-0.15, -0.1) is 0 Å². The van der Waals surface area contributed by atoms with Crippen LogP contribution < -0.4 is 5.32 Å². The summed E-state index contributed by atoms with van der Waals surface area (Å²) in [6.45, 7) is 0.829. The largest absolute Gasteiger partial charge is 0.358 e. The molecule has 1 amide bonds. The lowest BCUT2D eigenvalue weighted by atomic mass is 10.0. The quantitative estimate of drug-likeness (QED) is 0.679. The number of amides is 1. The highest BCUT2D eigenvalue weighted by Gasteiger charge is 2.14. The molecule has 1 heterocycles. The Hall–Kier alpha value is -2.03. The Morgan fingerprint density at radius 2 is 1.88 bits per heavy atom. The summed E-state index contributed by atoms with van der Waals surface area (Å²) in [6.07, 6.45) is 9.30. The van der Waals surface area contributed by atoms with Gasteiger partial charge < -0.3 is 10.3 Å². The van der Waals surface area contributed by atoms with Crippen LogP contribution in [0.25, 0.3) is 11.3 Å². The number of benzene rings is 1. The highest BCUT2D eigenvalue weighted by Crippen LogP contribution is 2.28. The third kappa shape index (κ3) is 4.98. The molecular weight excluding hydrogens is 296 g/mol. The normalized spacial score (nSPS) is 14.8. The van der Waals surface area contributed by atoms with Gasteiger partial charge >= 0.3 is 0 Å². The molecule has 1 aliphatic carbocycles. The zero-order valence-electron chi connectivity index (χ0n) is 14.4. The standard InChI is InChI=1S/C21H28N2O/c24-21(22-16-6-9-17-7-4-5-8-17)15-13-19-12-14-20(23-19)18-10-2-1-3-11-18/h1-3,10-12,14,17,23H,4-9,13,15-16H2,(H,22,24). The topological polar surface area (TPSA) is 44.9 Å². The second kappa shape index (κ2) is 8.72. The first kappa shape index (κ1) is 16.8. The summed E-state index contributed by atoms with van der Waals surface area (Å²) in [5.74, 6) is 1.08. The van der Waals surface area contributed by atoms with E-state index in [4.69, 9.17) is 0 Å². The molecular formula is C21H28N2O. The van der Waals surface area contributed by atoms with Gasteiger partial charge in [0.25, 0.3) is 0 Å². The molecule has 0 spiro atoms. The number of aryl methyl sites for hydroxylation is 1. The molecule has 1 aromatic heterocycles. The molecule has 3 rings (SSSR count). The third-order valence-corrected chi connectivity index (χ3v) is 5.04. The van der Waals surface area contributed by atoms with E-state index in [0.717, 1.165) is 36.7 Å². The molecule has 1 aromatic carbocycles. The number of nitrogens with one attached hydrogen (secondary N) is 2. The molecule has 0 aliphatic heterocycles. The molecule has 0 bridgehead atoms. The van der Waals surface area contributed by atoms with Crippen molar-refractivity contribution in [1.29, 1.82) is 0 Å². The van der Waals surface area contributed by atoms with E-state index in [-0.39, 0.29) is 5.91 Å². The first-order chi connectivity index (χ1) is 11.8. The molecule has 0 atom stereocenters. The predicted molar refractivity (Wildman–Crippen MR) is 98.8 cm³/mol. The summed E-state index contributed by atoms with van der Waals surface area (Å²) in [6, 6.07) is 14.4. The molecule has 128 valence electrons. The summed E-state index contributed by atoms with van der Waals surface area (Å²) >= 11 is 0. The number of carbonyl (C=O) groups excluding carboxylic acids is 1. The summed E-state index contributed by atoms with van der Waals surface area (Å²) in [5.41, 5.74) is 3.41. The molecule has 0 radical (unpaired) electrons. The van der Waals surface area contributed by atoms with E-state index >= 15 is 0 Å². The van der Waals surface area contributed by atoms with Gasteiger partial charge in [-0.3, -0.25) is 4.79 Å². The highest BCUT2D eigenvalue weighted by atomic mass is 16.1. The van der Waals surface area contributed by atoms with E-state index in [1.165, 1.54) is 37.7 Å². The van der Waals surface area contributed by atoms with Gasteiger partial charge in [-0.2, -0.15) is 0 Å². The molecule has 3 nitrogen and oxygen atoms in total. The Bertz CT molecular complexity index is 626. The number of H-pyrrole nitrogens is 1. The van der Waals surface area contributed by atoms with E-state index in [2.05, 4.69) is 34.6 Å². The van der Waals surface area contributed by atoms with Crippen molar-refractivity contribution in [2.75, 3.05) is 6.54 Å². The van der Waals surface area contributed by atoms with Crippen molar-refractivity contribution in [1.82, 2.24) is 10.3 Å². The molecule has 24 heavy (non-hydrogen) atoms. The maximum atomic E-state index is 12.0. The lowest BCUT2D eigenvalue weighted by Gasteiger charge is -2.09. The smallest absolute Gasteiger partial charge is 0.220 e. The Morgan fingerprint density at radius 1 is 1.08 bits per heavy atom. The number of hydrogen-bond donors (Lipinski definition) is 2. The van der Waals surface area contributed by atoms with Crippen LogP contribution in [0.3, 0.4) is 0 Å². The molecule has 2 N–H and O–H groups in total. The van der Waals surface area contributed by atoms with Crippen LogP contribution in [-0.4, -0.2) is 17.4 Å². The summed E-state index contributed by atoms with van der Waals surface area (Å²) < 4.78 is 0. The van der Waals surface area contributed by atoms with Crippen LogP contribution in [0.2, 0.25) is 0 Å². The molecule has 3 heteroatoms. The van der Waals surface area contributed by atoms with Crippen molar-refractivity contribution in [3.63, 3.8) is 0 Å². The zero-order chi connectivity index (χ0) is 16.6. The summed E-state index contributed by atoms with van der Waals surface area (Å²) in [4.78, 5) is 15.4. The van der Waals surface area contributed by atoms with E-state index in [9.17, 15) is 4.79 Å². The van der Waals surface area contributed by atoms with Gasteiger partial charge in [-0.1, -0.05) is 56.0 Å². The minimum absolute atomic E-state index is 0.164. The Kier molecular flexibility index (Phi) is 6.11. The Balaban J connectivity index is 1.35. The van der Waals surface area contributed by atoms with Crippen LogP contribution in [0.1, 0.15) is 50.6 Å². The van der Waals surface area contributed by atoms with Gasteiger partial charge in [-0.05, 0) is 42.9 Å². The van der Waals surface area contributed by atoms with Gasteiger partial charge in [0.2, 0.25) is 5.91 Å². The Morgan fingerprint density at radius 3 is 2.67 bits per heavy atom. The fraction of sp³-hybridized carbons (Fsp3) is 0.476. The zero-order valence-corrected chi connectivity index (χ0v) is 14.4. The summed E-state index contributed by atoms with van der Waals surface area (Å²) in [5, 5.41) is 3.06. The van der Waals surface area contributed by atoms with Crippen LogP contribution >= 0.6 is 0 Å². The maximum absolute atomic E-state index is 12.0. The Labute approximate surface area is 144 Å². The van der Waals surface area contributed by atoms with Crippen molar-refractivity contribution in [2.45, 2.75) is 51.4 Å². The van der Waals surface area contributed by atoms with E-state index in [0.29, 0.717) is 6.42 Å². The molecule has 0 unspecified atom stereocenters. The number of aromatic nitrogens is 1. The van der Waals surface area contributed by atoms with Crippen molar-refractivity contribution < 1.29 is 4.79 Å². The monoisotopic (exact) mass is 324 g/mol. The fourth-order valence-corrected chi connectivity index (χ4v) is 3.63. The highest BCUT2D eigenvalue weighted by molar-refractivity contribution is 5.76. The van der Waals surface area contributed by atoms with Crippen LogP contribution in [0.15, 0.2) is 42.5 Å². The molecule has 0 saturated heterocycles. The first-order valence-electron chi connectivity index (χ1n) is 9.31. The lowest BCUT2D eigenvalue weighted by Crippen LogP contribution is -2.25. The van der Waals surface area contributed by atoms with E-state index < -0.39 is 0 Å². The van der Waals surface area contributed by atoms with Gasteiger partial charge in [0, 0.05) is 24.4 Å². The number of aromatic amines is 1. The van der Waals surface area contributed by atoms with Crippen LogP contribution in [-0.2, 0) is 11.2 Å².